The van der Waals surface area contributed by atoms with Crippen LogP contribution in [0, 0.1) is 5.41 Å². The van der Waals surface area contributed by atoms with E-state index in [0.29, 0.717) is 12.1 Å². The maximum absolute atomic E-state index is 12.9. The molecule has 8 heteroatoms. The number of nitrogens with zero attached hydrogens (tertiary/aromatic N) is 2. The number of hydrogen-bond acceptors (Lipinski definition) is 5. The lowest BCUT2D eigenvalue weighted by Crippen LogP contribution is -2.36. The van der Waals surface area contributed by atoms with E-state index in [9.17, 15) is 13.2 Å². The molecule has 0 saturated carbocycles. The summed E-state index contributed by atoms with van der Waals surface area (Å²) in [6.07, 6.45) is 1.74. The molecule has 1 amide bonds. The second-order valence-corrected chi connectivity index (χ2v) is 10.4. The van der Waals surface area contributed by atoms with Gasteiger partial charge < -0.3 is 0 Å². The van der Waals surface area contributed by atoms with E-state index in [1.54, 1.807) is 28.5 Å². The van der Waals surface area contributed by atoms with Crippen molar-refractivity contribution in [1.29, 1.82) is 0 Å². The highest BCUT2D eigenvalue weighted by atomic mass is 32.2. The Morgan fingerprint density at radius 1 is 1.22 bits per heavy atom. The minimum atomic E-state index is -3.32. The Morgan fingerprint density at radius 3 is 2.41 bits per heavy atom. The fraction of sp³-hybridized carbons (Fsp3) is 0.368. The van der Waals surface area contributed by atoms with E-state index in [1.165, 1.54) is 0 Å². The van der Waals surface area contributed by atoms with Gasteiger partial charge >= 0.3 is 0 Å². The monoisotopic (exact) mass is 405 g/mol. The molecule has 1 aliphatic rings. The first-order chi connectivity index (χ1) is 12.5. The van der Waals surface area contributed by atoms with E-state index in [1.807, 2.05) is 50.4 Å². The number of rotatable bonds is 4. The summed E-state index contributed by atoms with van der Waals surface area (Å²) in [7, 11) is -3.32. The minimum Gasteiger partial charge on any atom is -0.284 e. The quantitative estimate of drug-likeness (QED) is 0.839. The molecule has 0 aliphatic carbocycles. The molecular formula is C19H23N3O3S2. The number of thiophene rings is 1. The van der Waals surface area contributed by atoms with Gasteiger partial charge in [-0.3, -0.25) is 9.52 Å². The molecular weight excluding hydrogens is 382 g/mol. The molecule has 1 N–H and O–H groups in total. The first-order valence-electron chi connectivity index (χ1n) is 8.57. The van der Waals surface area contributed by atoms with Gasteiger partial charge in [-0.25, -0.2) is 13.4 Å². The first kappa shape index (κ1) is 19.6. The van der Waals surface area contributed by atoms with Gasteiger partial charge in [-0.15, -0.1) is 11.3 Å². The summed E-state index contributed by atoms with van der Waals surface area (Å²) in [4.78, 5) is 14.0. The van der Waals surface area contributed by atoms with Crippen LogP contribution < -0.4 is 4.72 Å². The molecule has 0 radical (unpaired) electrons. The summed E-state index contributed by atoms with van der Waals surface area (Å²) in [6, 6.07) is 10.9. The number of carbonyl (C=O) groups excluding carboxylic acids is 1. The number of benzene rings is 1. The molecule has 6 nitrogen and oxygen atoms in total. The molecule has 2 heterocycles. The van der Waals surface area contributed by atoms with Crippen LogP contribution in [0.3, 0.4) is 0 Å². The SMILES string of the molecule is CC(C)(C)C(=O)N1N=C(c2ccc(NS(C)(=O)=O)cc2)C[C@@H]1c1cccs1. The highest BCUT2D eigenvalue weighted by Crippen LogP contribution is 2.37. The molecule has 0 fully saturated rings. The average Bonchev–Trinajstić information content (AvgIpc) is 3.21. The molecule has 144 valence electrons. The average molecular weight is 406 g/mol. The van der Waals surface area contributed by atoms with Crippen molar-refractivity contribution in [3.8, 4) is 0 Å². The van der Waals surface area contributed by atoms with E-state index in [4.69, 9.17) is 0 Å². The number of anilines is 1. The fourth-order valence-corrected chi connectivity index (χ4v) is 4.24. The van der Waals surface area contributed by atoms with E-state index in [-0.39, 0.29) is 11.9 Å². The van der Waals surface area contributed by atoms with E-state index in [0.717, 1.165) is 22.4 Å². The molecule has 27 heavy (non-hydrogen) atoms. The third-order valence-electron chi connectivity index (χ3n) is 4.15. The summed E-state index contributed by atoms with van der Waals surface area (Å²) >= 11 is 1.61. The number of hydrogen-bond donors (Lipinski definition) is 1. The third-order valence-corrected chi connectivity index (χ3v) is 5.73. The summed E-state index contributed by atoms with van der Waals surface area (Å²) in [6.45, 7) is 5.67. The van der Waals surface area contributed by atoms with Crippen LogP contribution in [0.15, 0.2) is 46.9 Å². The summed E-state index contributed by atoms with van der Waals surface area (Å²) in [5.41, 5.74) is 1.66. The van der Waals surface area contributed by atoms with Gasteiger partial charge in [0.1, 0.15) is 0 Å². The molecule has 1 aliphatic heterocycles. The van der Waals surface area contributed by atoms with E-state index >= 15 is 0 Å². The van der Waals surface area contributed by atoms with Crippen LogP contribution in [0.1, 0.15) is 43.7 Å². The summed E-state index contributed by atoms with van der Waals surface area (Å²) in [5.74, 6) is -0.0220. The van der Waals surface area contributed by atoms with Crippen LogP contribution in [0.25, 0.3) is 0 Å². The maximum Gasteiger partial charge on any atom is 0.248 e. The second-order valence-electron chi connectivity index (χ2n) is 7.63. The zero-order valence-corrected chi connectivity index (χ0v) is 17.4. The minimum absolute atomic E-state index is 0.0220. The van der Waals surface area contributed by atoms with Crippen molar-refractivity contribution in [3.05, 3.63) is 52.2 Å². The summed E-state index contributed by atoms with van der Waals surface area (Å²) < 4.78 is 25.1. The van der Waals surface area contributed by atoms with Crippen LogP contribution in [-0.2, 0) is 14.8 Å². The Kier molecular flexibility index (Phi) is 5.14. The Hall–Kier alpha value is -2.19. The zero-order chi connectivity index (χ0) is 19.8. The largest absolute Gasteiger partial charge is 0.284 e. The number of nitrogens with one attached hydrogen (secondary N) is 1. The molecule has 2 aromatic rings. The number of hydrazone groups is 1. The zero-order valence-electron chi connectivity index (χ0n) is 15.8. The maximum atomic E-state index is 12.9. The second kappa shape index (κ2) is 7.09. The third kappa shape index (κ3) is 4.56. The summed E-state index contributed by atoms with van der Waals surface area (Å²) in [5, 5.41) is 8.23. The van der Waals surface area contributed by atoms with E-state index in [2.05, 4.69) is 9.82 Å². The van der Waals surface area contributed by atoms with Crippen molar-refractivity contribution < 1.29 is 13.2 Å². The smallest absolute Gasteiger partial charge is 0.248 e. The lowest BCUT2D eigenvalue weighted by Gasteiger charge is -2.27. The van der Waals surface area contributed by atoms with E-state index < -0.39 is 15.4 Å². The van der Waals surface area contributed by atoms with Gasteiger partial charge in [0.25, 0.3) is 0 Å². The lowest BCUT2D eigenvalue weighted by molar-refractivity contribution is -0.141. The molecule has 3 rings (SSSR count). The lowest BCUT2D eigenvalue weighted by atomic mass is 9.94. The fourth-order valence-electron chi connectivity index (χ4n) is 2.86. The number of carbonyl (C=O) groups is 1. The van der Waals surface area contributed by atoms with Crippen LogP contribution in [0.5, 0.6) is 0 Å². The normalized spacial score (nSPS) is 17.7. The van der Waals surface area contributed by atoms with Crippen molar-refractivity contribution >= 4 is 38.7 Å². The van der Waals surface area contributed by atoms with Crippen molar-refractivity contribution in [2.24, 2.45) is 10.5 Å². The van der Waals surface area contributed by atoms with Gasteiger partial charge in [0, 0.05) is 22.4 Å². The Morgan fingerprint density at radius 2 is 1.89 bits per heavy atom. The predicted molar refractivity (Wildman–Crippen MR) is 109 cm³/mol. The van der Waals surface area contributed by atoms with Gasteiger partial charge in [-0.05, 0) is 29.1 Å². The van der Waals surface area contributed by atoms with Crippen molar-refractivity contribution in [2.75, 3.05) is 11.0 Å². The van der Waals surface area contributed by atoms with Gasteiger partial charge in [0.2, 0.25) is 15.9 Å². The van der Waals surface area contributed by atoms with Crippen LogP contribution in [0.4, 0.5) is 5.69 Å². The number of amides is 1. The van der Waals surface area contributed by atoms with Crippen molar-refractivity contribution in [3.63, 3.8) is 0 Å². The molecule has 0 bridgehead atoms. The van der Waals surface area contributed by atoms with Gasteiger partial charge in [-0.1, -0.05) is 39.0 Å². The van der Waals surface area contributed by atoms with Crippen LogP contribution in [-0.4, -0.2) is 31.3 Å². The molecule has 0 unspecified atom stereocenters. The topological polar surface area (TPSA) is 78.8 Å². The number of sulfonamides is 1. The van der Waals surface area contributed by atoms with Crippen LogP contribution in [0.2, 0.25) is 0 Å². The van der Waals surface area contributed by atoms with Crippen molar-refractivity contribution in [2.45, 2.75) is 33.2 Å². The van der Waals surface area contributed by atoms with Gasteiger partial charge in [-0.2, -0.15) is 5.10 Å². The Labute approximate surface area is 164 Å². The Bertz CT molecular complexity index is 957. The van der Waals surface area contributed by atoms with Crippen molar-refractivity contribution in [1.82, 2.24) is 5.01 Å². The highest BCUT2D eigenvalue weighted by molar-refractivity contribution is 7.92. The van der Waals surface area contributed by atoms with Gasteiger partial charge in [0.15, 0.2) is 0 Å². The predicted octanol–water partition coefficient (Wildman–Crippen LogP) is 3.84. The van der Waals surface area contributed by atoms with Gasteiger partial charge in [0.05, 0.1) is 18.0 Å². The Balaban J connectivity index is 1.90. The highest BCUT2D eigenvalue weighted by Gasteiger charge is 2.38. The first-order valence-corrected chi connectivity index (χ1v) is 11.3. The molecule has 1 aromatic heterocycles. The molecule has 0 spiro atoms. The molecule has 1 atom stereocenters. The molecule has 1 aromatic carbocycles. The standard InChI is InChI=1S/C19H23N3O3S2/c1-19(2,3)18(23)22-16(17-6-5-11-26-17)12-15(20-22)13-7-9-14(10-8-13)21-27(4,24)25/h5-11,16,21H,12H2,1-4H3/t16-/m1/s1. The van der Waals surface area contributed by atoms with Crippen LogP contribution >= 0.6 is 11.3 Å². The molecule has 0 saturated heterocycles.